The zero-order chi connectivity index (χ0) is 16.7. The fraction of sp³-hybridized carbons (Fsp3) is 0.579. The van der Waals surface area contributed by atoms with E-state index >= 15 is 0 Å². The van der Waals surface area contributed by atoms with Gasteiger partial charge in [-0.25, -0.2) is 0 Å². The predicted octanol–water partition coefficient (Wildman–Crippen LogP) is 2.80. The fourth-order valence-electron chi connectivity index (χ4n) is 4.46. The standard InChI is InChI=1S/C19H26N4O/c1-3-10-23-17-7-5-4-6-16(17)18(21-23)19(24)20-13-11-14-8-9-15(12-13)22(14)2/h4-7,13-15H,3,8-12H2,1-2H3,(H,20,24)/t13?,14-,15+. The summed E-state index contributed by atoms with van der Waals surface area (Å²) in [5, 5.41) is 8.83. The molecule has 2 aliphatic rings. The average molecular weight is 326 g/mol. The van der Waals surface area contributed by atoms with E-state index in [0.29, 0.717) is 17.8 Å². The van der Waals surface area contributed by atoms with Crippen LogP contribution >= 0.6 is 0 Å². The van der Waals surface area contributed by atoms with Crippen LogP contribution in [0.4, 0.5) is 0 Å². The smallest absolute Gasteiger partial charge is 0.272 e. The number of nitrogens with zero attached hydrogens (tertiary/aromatic N) is 3. The van der Waals surface area contributed by atoms with E-state index in [-0.39, 0.29) is 11.9 Å². The molecule has 5 heteroatoms. The lowest BCUT2D eigenvalue weighted by Crippen LogP contribution is -2.48. The summed E-state index contributed by atoms with van der Waals surface area (Å²) in [5.74, 6) is -0.0185. The fourth-order valence-corrected chi connectivity index (χ4v) is 4.46. The molecular formula is C19H26N4O. The Morgan fingerprint density at radius 3 is 2.67 bits per heavy atom. The summed E-state index contributed by atoms with van der Waals surface area (Å²) in [7, 11) is 2.22. The molecule has 2 saturated heterocycles. The Hall–Kier alpha value is -1.88. The summed E-state index contributed by atoms with van der Waals surface area (Å²) < 4.78 is 1.96. The highest BCUT2D eigenvalue weighted by Gasteiger charge is 2.39. The highest BCUT2D eigenvalue weighted by Crippen LogP contribution is 2.34. The maximum absolute atomic E-state index is 12.9. The van der Waals surface area contributed by atoms with Crippen molar-refractivity contribution >= 4 is 16.8 Å². The molecule has 0 radical (unpaired) electrons. The SMILES string of the molecule is CCCn1nc(C(=O)NC2C[C@H]3CC[C@@H](C2)N3C)c2ccccc21. The number of carbonyl (C=O) groups excluding carboxylic acids is 1. The molecule has 1 amide bonds. The topological polar surface area (TPSA) is 50.2 Å². The van der Waals surface area contributed by atoms with Gasteiger partial charge in [-0.1, -0.05) is 25.1 Å². The lowest BCUT2D eigenvalue weighted by molar-refractivity contribution is 0.0878. The third kappa shape index (κ3) is 2.61. The number of fused-ring (bicyclic) bond motifs is 3. The first kappa shape index (κ1) is 15.6. The number of amides is 1. The number of para-hydroxylation sites is 1. The molecule has 1 aromatic heterocycles. The molecule has 0 spiro atoms. The zero-order valence-electron chi connectivity index (χ0n) is 14.5. The van der Waals surface area contributed by atoms with E-state index in [1.54, 1.807) is 0 Å². The molecule has 1 aromatic carbocycles. The highest BCUT2D eigenvalue weighted by atomic mass is 16.2. The van der Waals surface area contributed by atoms with E-state index < -0.39 is 0 Å². The maximum atomic E-state index is 12.9. The zero-order valence-corrected chi connectivity index (χ0v) is 14.5. The van der Waals surface area contributed by atoms with Crippen LogP contribution in [0.5, 0.6) is 0 Å². The minimum atomic E-state index is -0.0185. The molecule has 1 unspecified atom stereocenters. The Morgan fingerprint density at radius 1 is 1.25 bits per heavy atom. The maximum Gasteiger partial charge on any atom is 0.272 e. The minimum Gasteiger partial charge on any atom is -0.348 e. The molecule has 2 fully saturated rings. The Balaban J connectivity index is 1.56. The molecule has 0 aliphatic carbocycles. The first-order valence-corrected chi connectivity index (χ1v) is 9.15. The molecule has 5 nitrogen and oxygen atoms in total. The largest absolute Gasteiger partial charge is 0.348 e. The van der Waals surface area contributed by atoms with Gasteiger partial charge < -0.3 is 10.2 Å². The molecule has 3 atom stereocenters. The van der Waals surface area contributed by atoms with E-state index in [1.165, 1.54) is 12.8 Å². The minimum absolute atomic E-state index is 0.0185. The Bertz CT molecular complexity index is 739. The van der Waals surface area contributed by atoms with Gasteiger partial charge in [0.2, 0.25) is 0 Å². The highest BCUT2D eigenvalue weighted by molar-refractivity contribution is 6.05. The molecule has 0 saturated carbocycles. The quantitative estimate of drug-likeness (QED) is 0.940. The van der Waals surface area contributed by atoms with E-state index in [0.717, 1.165) is 36.7 Å². The monoisotopic (exact) mass is 326 g/mol. The van der Waals surface area contributed by atoms with Gasteiger partial charge in [0.1, 0.15) is 0 Å². The number of hydrogen-bond acceptors (Lipinski definition) is 3. The van der Waals surface area contributed by atoms with Gasteiger partial charge in [-0.2, -0.15) is 5.10 Å². The number of benzene rings is 1. The summed E-state index contributed by atoms with van der Waals surface area (Å²) in [4.78, 5) is 15.4. The van der Waals surface area contributed by atoms with Crippen LogP contribution in [0.3, 0.4) is 0 Å². The summed E-state index contributed by atoms with van der Waals surface area (Å²) in [6, 6.07) is 9.57. The van der Waals surface area contributed by atoms with Crippen molar-refractivity contribution in [3.8, 4) is 0 Å². The molecule has 4 rings (SSSR count). The number of nitrogens with one attached hydrogen (secondary N) is 1. The van der Waals surface area contributed by atoms with Crippen LogP contribution in [0, 0.1) is 0 Å². The van der Waals surface area contributed by atoms with Gasteiger partial charge in [0.05, 0.1) is 5.52 Å². The third-order valence-electron chi connectivity index (χ3n) is 5.74. The van der Waals surface area contributed by atoms with Gasteiger partial charge in [0.15, 0.2) is 5.69 Å². The van der Waals surface area contributed by atoms with Crippen LogP contribution in [-0.4, -0.2) is 45.8 Å². The summed E-state index contributed by atoms with van der Waals surface area (Å²) in [6.07, 6.45) is 5.66. The lowest BCUT2D eigenvalue weighted by Gasteiger charge is -2.36. The van der Waals surface area contributed by atoms with E-state index in [4.69, 9.17) is 0 Å². The Morgan fingerprint density at radius 2 is 1.96 bits per heavy atom. The Kier molecular flexibility index (Phi) is 4.04. The van der Waals surface area contributed by atoms with Crippen molar-refractivity contribution in [3.63, 3.8) is 0 Å². The summed E-state index contributed by atoms with van der Waals surface area (Å²) in [5.41, 5.74) is 1.62. The first-order valence-electron chi connectivity index (χ1n) is 9.15. The van der Waals surface area contributed by atoms with Crippen molar-refractivity contribution in [1.82, 2.24) is 20.0 Å². The molecule has 128 valence electrons. The number of piperidine rings is 1. The number of aryl methyl sites for hydroxylation is 1. The van der Waals surface area contributed by atoms with Crippen molar-refractivity contribution < 1.29 is 4.79 Å². The second kappa shape index (κ2) is 6.20. The molecule has 2 aliphatic heterocycles. The van der Waals surface area contributed by atoms with Crippen LogP contribution in [-0.2, 0) is 6.54 Å². The Labute approximate surface area is 143 Å². The summed E-state index contributed by atoms with van der Waals surface area (Å²) in [6.45, 7) is 2.97. The van der Waals surface area contributed by atoms with Crippen LogP contribution in [0.2, 0.25) is 0 Å². The normalized spacial score (nSPS) is 26.8. The summed E-state index contributed by atoms with van der Waals surface area (Å²) >= 11 is 0. The van der Waals surface area contributed by atoms with Crippen LogP contribution in [0.25, 0.3) is 10.9 Å². The number of carbonyl (C=O) groups is 1. The van der Waals surface area contributed by atoms with Gasteiger partial charge in [-0.15, -0.1) is 0 Å². The van der Waals surface area contributed by atoms with Gasteiger partial charge in [0, 0.05) is 30.1 Å². The van der Waals surface area contributed by atoms with Crippen LogP contribution in [0.1, 0.15) is 49.5 Å². The van der Waals surface area contributed by atoms with Crippen LogP contribution in [0.15, 0.2) is 24.3 Å². The van der Waals surface area contributed by atoms with E-state index in [2.05, 4.69) is 29.3 Å². The average Bonchev–Trinajstić information content (AvgIpc) is 3.02. The molecule has 1 N–H and O–H groups in total. The van der Waals surface area contributed by atoms with E-state index in [9.17, 15) is 4.79 Å². The van der Waals surface area contributed by atoms with Crippen molar-refractivity contribution in [2.24, 2.45) is 0 Å². The van der Waals surface area contributed by atoms with Gasteiger partial charge in [-0.05, 0) is 45.2 Å². The second-order valence-corrected chi connectivity index (χ2v) is 7.28. The van der Waals surface area contributed by atoms with Crippen molar-refractivity contribution in [2.75, 3.05) is 7.05 Å². The number of rotatable bonds is 4. The molecule has 2 bridgehead atoms. The molecular weight excluding hydrogens is 300 g/mol. The van der Waals surface area contributed by atoms with E-state index in [1.807, 2.05) is 28.9 Å². The van der Waals surface area contributed by atoms with Gasteiger partial charge in [0.25, 0.3) is 5.91 Å². The van der Waals surface area contributed by atoms with Crippen molar-refractivity contribution in [3.05, 3.63) is 30.0 Å². The third-order valence-corrected chi connectivity index (χ3v) is 5.74. The molecule has 24 heavy (non-hydrogen) atoms. The molecule has 3 heterocycles. The van der Waals surface area contributed by atoms with Crippen molar-refractivity contribution in [2.45, 2.75) is 63.7 Å². The number of aromatic nitrogens is 2. The van der Waals surface area contributed by atoms with Crippen molar-refractivity contribution in [1.29, 1.82) is 0 Å². The van der Waals surface area contributed by atoms with Crippen LogP contribution < -0.4 is 5.32 Å². The first-order chi connectivity index (χ1) is 11.7. The predicted molar refractivity (Wildman–Crippen MR) is 95.1 cm³/mol. The lowest BCUT2D eigenvalue weighted by atomic mass is 9.98. The molecule has 2 aromatic rings. The van der Waals surface area contributed by atoms with Gasteiger partial charge in [-0.3, -0.25) is 9.48 Å². The number of hydrogen-bond donors (Lipinski definition) is 1. The second-order valence-electron chi connectivity index (χ2n) is 7.28. The van der Waals surface area contributed by atoms with Gasteiger partial charge >= 0.3 is 0 Å².